The number of piperidine rings is 1. The summed E-state index contributed by atoms with van der Waals surface area (Å²) in [6.45, 7) is 1.69. The monoisotopic (exact) mass is 403 g/mol. The van der Waals surface area contributed by atoms with Gasteiger partial charge in [-0.2, -0.15) is 0 Å². The second-order valence-corrected chi connectivity index (χ2v) is 7.51. The molecule has 1 aromatic carbocycles. The van der Waals surface area contributed by atoms with Gasteiger partial charge in [0.2, 0.25) is 0 Å². The van der Waals surface area contributed by atoms with Gasteiger partial charge in [0.25, 0.3) is 5.91 Å². The van der Waals surface area contributed by atoms with Crippen molar-refractivity contribution in [2.24, 2.45) is 0 Å². The number of fused-ring (bicyclic) bond motifs is 1. The first-order valence-corrected chi connectivity index (χ1v) is 9.62. The van der Waals surface area contributed by atoms with Crippen molar-refractivity contribution in [1.82, 2.24) is 20.2 Å². The molecule has 2 aromatic rings. The van der Waals surface area contributed by atoms with Crippen LogP contribution in [0.4, 0.5) is 0 Å². The van der Waals surface area contributed by atoms with Crippen LogP contribution in [0.3, 0.4) is 0 Å². The first kappa shape index (κ1) is 18.1. The molecule has 8 heteroatoms. The van der Waals surface area contributed by atoms with Crippen molar-refractivity contribution in [3.8, 4) is 0 Å². The van der Waals surface area contributed by atoms with E-state index in [1.54, 1.807) is 29.4 Å². The Bertz CT molecular complexity index is 949. The Kier molecular flexibility index (Phi) is 4.93. The Morgan fingerprint density at radius 1 is 1.22 bits per heavy atom. The van der Waals surface area contributed by atoms with Gasteiger partial charge in [0.15, 0.2) is 0 Å². The summed E-state index contributed by atoms with van der Waals surface area (Å²) in [5, 5.41) is 12.6. The Morgan fingerprint density at radius 2 is 2.07 bits per heavy atom. The van der Waals surface area contributed by atoms with Crippen LogP contribution in [0.15, 0.2) is 30.1 Å². The van der Waals surface area contributed by atoms with Crippen LogP contribution in [-0.4, -0.2) is 46.1 Å². The largest absolute Gasteiger partial charge is 0.383 e. The molecule has 1 fully saturated rings. The highest BCUT2D eigenvalue weighted by atomic mass is 35.5. The van der Waals surface area contributed by atoms with E-state index in [4.69, 9.17) is 28.6 Å². The summed E-state index contributed by atoms with van der Waals surface area (Å²) in [7, 11) is 0. The van der Waals surface area contributed by atoms with E-state index in [-0.39, 0.29) is 5.91 Å². The fraction of sp³-hybridized carbons (Fsp3) is 0.316. The second kappa shape index (κ2) is 7.37. The van der Waals surface area contributed by atoms with Gasteiger partial charge in [0.05, 0.1) is 22.1 Å². The van der Waals surface area contributed by atoms with E-state index < -0.39 is 0 Å². The third-order valence-corrected chi connectivity index (χ3v) is 5.70. The number of benzene rings is 1. The Morgan fingerprint density at radius 3 is 2.89 bits per heavy atom. The molecular weight excluding hydrogens is 385 g/mol. The fourth-order valence-electron chi connectivity index (χ4n) is 3.52. The molecule has 0 spiro atoms. The van der Waals surface area contributed by atoms with Crippen molar-refractivity contribution in [3.05, 3.63) is 57.1 Å². The van der Waals surface area contributed by atoms with Gasteiger partial charge >= 0.3 is 0 Å². The average Bonchev–Trinajstić information content (AvgIpc) is 3.04. The highest BCUT2D eigenvalue weighted by Gasteiger charge is 2.28. The Hall–Kier alpha value is -2.31. The lowest BCUT2D eigenvalue weighted by Gasteiger charge is -2.31. The number of carbonyl (C=O) groups excluding carboxylic acids is 1. The molecule has 1 saturated heterocycles. The number of aryl methyl sites for hydroxylation is 1. The molecule has 4 rings (SSSR count). The van der Waals surface area contributed by atoms with Crippen LogP contribution < -0.4 is 5.32 Å². The van der Waals surface area contributed by atoms with Crippen molar-refractivity contribution in [2.45, 2.75) is 19.3 Å². The standard InChI is InChI=1S/C19H19Cl2N5O/c20-13-4-3-11(8-14(13)21)19(27)26-7-5-15(22)12(9-26)17-18-16(24-10-25-18)2-1-6-23-17/h3-4,8,10,22-23H,1-2,5-7,9H2,(H,24,25)/b17-12-,22-15?. The molecule has 140 valence electrons. The molecule has 0 radical (unpaired) electrons. The highest BCUT2D eigenvalue weighted by Crippen LogP contribution is 2.27. The summed E-state index contributed by atoms with van der Waals surface area (Å²) in [5.74, 6) is -0.116. The zero-order valence-corrected chi connectivity index (χ0v) is 16.1. The van der Waals surface area contributed by atoms with E-state index >= 15 is 0 Å². The molecule has 0 aliphatic carbocycles. The molecule has 3 N–H and O–H groups in total. The molecule has 0 unspecified atom stereocenters. The number of nitrogens with zero attached hydrogens (tertiary/aromatic N) is 2. The number of likely N-dealkylation sites (tertiary alicyclic amines) is 1. The molecule has 0 saturated carbocycles. The van der Waals surface area contributed by atoms with Crippen LogP contribution in [0.5, 0.6) is 0 Å². The van der Waals surface area contributed by atoms with Crippen LogP contribution >= 0.6 is 23.2 Å². The third kappa shape index (κ3) is 3.47. The van der Waals surface area contributed by atoms with E-state index in [1.807, 2.05) is 0 Å². The lowest BCUT2D eigenvalue weighted by Crippen LogP contribution is -2.41. The van der Waals surface area contributed by atoms with Crippen molar-refractivity contribution in [2.75, 3.05) is 19.6 Å². The minimum atomic E-state index is -0.116. The number of imidazole rings is 1. The molecule has 3 heterocycles. The second-order valence-electron chi connectivity index (χ2n) is 6.70. The minimum absolute atomic E-state index is 0.116. The zero-order valence-electron chi connectivity index (χ0n) is 14.6. The molecule has 27 heavy (non-hydrogen) atoms. The number of aromatic nitrogens is 2. The number of hydrogen-bond acceptors (Lipinski definition) is 4. The van der Waals surface area contributed by atoms with Crippen molar-refractivity contribution in [1.29, 1.82) is 5.41 Å². The maximum Gasteiger partial charge on any atom is 0.254 e. The van der Waals surface area contributed by atoms with Crippen LogP contribution in [0.25, 0.3) is 5.70 Å². The van der Waals surface area contributed by atoms with Crippen molar-refractivity contribution >= 4 is 40.5 Å². The summed E-state index contributed by atoms with van der Waals surface area (Å²) in [6, 6.07) is 4.90. The third-order valence-electron chi connectivity index (χ3n) is 4.96. The first-order chi connectivity index (χ1) is 13.0. The van der Waals surface area contributed by atoms with E-state index in [2.05, 4.69) is 15.3 Å². The van der Waals surface area contributed by atoms with Crippen LogP contribution in [0.2, 0.25) is 10.0 Å². The van der Waals surface area contributed by atoms with Crippen molar-refractivity contribution < 1.29 is 4.79 Å². The number of halogens is 2. The number of amides is 1. The average molecular weight is 404 g/mol. The summed E-state index contributed by atoms with van der Waals surface area (Å²) in [4.78, 5) is 22.3. The smallest absolute Gasteiger partial charge is 0.254 e. The number of nitrogens with one attached hydrogen (secondary N) is 3. The lowest BCUT2D eigenvalue weighted by molar-refractivity contribution is 0.0770. The molecule has 2 aliphatic rings. The number of H-pyrrole nitrogens is 1. The number of rotatable bonds is 1. The summed E-state index contributed by atoms with van der Waals surface area (Å²) >= 11 is 12.0. The Labute approximate surface area is 167 Å². The van der Waals surface area contributed by atoms with Gasteiger partial charge in [0.1, 0.15) is 5.69 Å². The molecule has 2 aliphatic heterocycles. The molecule has 0 bridgehead atoms. The van der Waals surface area contributed by atoms with Gasteiger partial charge in [-0.1, -0.05) is 23.2 Å². The van der Waals surface area contributed by atoms with E-state index in [9.17, 15) is 4.79 Å². The predicted octanol–water partition coefficient (Wildman–Crippen LogP) is 3.53. The quantitative estimate of drug-likeness (QED) is 0.680. The van der Waals surface area contributed by atoms with E-state index in [1.165, 1.54) is 0 Å². The van der Waals surface area contributed by atoms with Crippen LogP contribution in [-0.2, 0) is 6.42 Å². The van der Waals surface area contributed by atoms with Gasteiger partial charge in [0, 0.05) is 48.6 Å². The predicted molar refractivity (Wildman–Crippen MR) is 107 cm³/mol. The zero-order chi connectivity index (χ0) is 19.0. The summed E-state index contributed by atoms with van der Waals surface area (Å²) in [5.41, 5.74) is 4.66. The normalized spacial score (nSPS) is 20.1. The molecule has 1 amide bonds. The van der Waals surface area contributed by atoms with Gasteiger partial charge in [-0.15, -0.1) is 0 Å². The van der Waals surface area contributed by atoms with Gasteiger partial charge in [-0.05, 0) is 31.0 Å². The van der Waals surface area contributed by atoms with Gasteiger partial charge in [-0.3, -0.25) is 4.79 Å². The van der Waals surface area contributed by atoms with Crippen LogP contribution in [0, 0.1) is 5.41 Å². The summed E-state index contributed by atoms with van der Waals surface area (Å²) in [6.07, 6.45) is 4.10. The van der Waals surface area contributed by atoms with Crippen molar-refractivity contribution in [3.63, 3.8) is 0 Å². The topological polar surface area (TPSA) is 84.9 Å². The fourth-order valence-corrected chi connectivity index (χ4v) is 3.82. The molecular formula is C19H19Cl2N5O. The van der Waals surface area contributed by atoms with Gasteiger partial charge in [-0.25, -0.2) is 4.98 Å². The number of hydrogen-bond donors (Lipinski definition) is 3. The number of carbonyl (C=O) groups is 1. The maximum absolute atomic E-state index is 13.0. The van der Waals surface area contributed by atoms with Crippen LogP contribution in [0.1, 0.15) is 34.6 Å². The molecule has 1 aromatic heterocycles. The molecule has 0 atom stereocenters. The summed E-state index contributed by atoms with van der Waals surface area (Å²) < 4.78 is 0. The first-order valence-electron chi connectivity index (χ1n) is 8.86. The van der Waals surface area contributed by atoms with E-state index in [0.29, 0.717) is 40.8 Å². The Balaban J connectivity index is 1.67. The van der Waals surface area contributed by atoms with Gasteiger partial charge < -0.3 is 20.6 Å². The molecule has 6 nitrogen and oxygen atoms in total. The number of aromatic amines is 1. The maximum atomic E-state index is 13.0. The van der Waals surface area contributed by atoms with E-state index in [0.717, 1.165) is 42.0 Å². The lowest BCUT2D eigenvalue weighted by atomic mass is 9.97. The SMILES string of the molecule is N=C1CCN(C(=O)c2ccc(Cl)c(Cl)c2)C/C1=C1/NCCCc2[nH]cnc21. The minimum Gasteiger partial charge on any atom is -0.383 e. The highest BCUT2D eigenvalue weighted by molar-refractivity contribution is 6.42.